The molecule has 0 saturated carbocycles. The van der Waals surface area contributed by atoms with Crippen LogP contribution in [-0.2, 0) is 0 Å². The van der Waals surface area contributed by atoms with E-state index in [-0.39, 0.29) is 0 Å². The van der Waals surface area contributed by atoms with E-state index < -0.39 is 0 Å². The lowest BCUT2D eigenvalue weighted by atomic mass is 10.1. The second-order valence-corrected chi connectivity index (χ2v) is 5.16. The maximum absolute atomic E-state index is 10.6. The molecule has 0 spiro atoms. The van der Waals surface area contributed by atoms with Gasteiger partial charge < -0.3 is 4.90 Å². The molecule has 0 bridgehead atoms. The molecule has 1 saturated heterocycles. The van der Waals surface area contributed by atoms with Crippen molar-refractivity contribution in [2.45, 2.75) is 38.6 Å². The molecule has 0 N–H and O–H groups in total. The fourth-order valence-corrected chi connectivity index (χ4v) is 2.92. The molecular weight excluding hydrogens is 206 g/mol. The van der Waals surface area contributed by atoms with Crippen molar-refractivity contribution in [3.05, 3.63) is 16.3 Å². The summed E-state index contributed by atoms with van der Waals surface area (Å²) in [5.41, 5.74) is 1.23. The Morgan fingerprint density at radius 1 is 1.47 bits per heavy atom. The van der Waals surface area contributed by atoms with Gasteiger partial charge >= 0.3 is 0 Å². The normalized spacial score (nSPS) is 22.5. The summed E-state index contributed by atoms with van der Waals surface area (Å²) in [7, 11) is 0. The Bertz CT molecular complexity index is 334. The molecule has 1 atom stereocenters. The standard InChI is InChI=1S/C12H17NOS/c1-10-5-3-2-4-6-13(10)11-7-12(8-14)15-9-11/h7-10H,2-6H2,1H3. The fraction of sp³-hybridized carbons (Fsp3) is 0.583. The topological polar surface area (TPSA) is 20.3 Å². The highest BCUT2D eigenvalue weighted by molar-refractivity contribution is 7.12. The van der Waals surface area contributed by atoms with Crippen LogP contribution in [0.25, 0.3) is 0 Å². The van der Waals surface area contributed by atoms with Gasteiger partial charge in [-0.3, -0.25) is 4.79 Å². The second-order valence-electron chi connectivity index (χ2n) is 4.22. The van der Waals surface area contributed by atoms with Gasteiger partial charge in [-0.25, -0.2) is 0 Å². The van der Waals surface area contributed by atoms with E-state index in [9.17, 15) is 4.79 Å². The molecule has 2 nitrogen and oxygen atoms in total. The summed E-state index contributed by atoms with van der Waals surface area (Å²) < 4.78 is 0. The first kappa shape index (κ1) is 10.7. The molecule has 1 aliphatic heterocycles. The van der Waals surface area contributed by atoms with Crippen molar-refractivity contribution in [1.82, 2.24) is 0 Å². The molecule has 2 rings (SSSR count). The van der Waals surface area contributed by atoms with Crippen LogP contribution < -0.4 is 4.90 Å². The predicted octanol–water partition coefficient (Wildman–Crippen LogP) is 3.33. The molecule has 1 aromatic rings. The van der Waals surface area contributed by atoms with Crippen LogP contribution in [0.15, 0.2) is 11.4 Å². The largest absolute Gasteiger partial charge is 0.368 e. The monoisotopic (exact) mass is 223 g/mol. The molecule has 0 aromatic carbocycles. The van der Waals surface area contributed by atoms with E-state index in [2.05, 4.69) is 17.2 Å². The Morgan fingerprint density at radius 3 is 3.07 bits per heavy atom. The van der Waals surface area contributed by atoms with Gasteiger partial charge in [-0.2, -0.15) is 0 Å². The molecule has 0 amide bonds. The number of hydrogen-bond donors (Lipinski definition) is 0. The van der Waals surface area contributed by atoms with Crippen LogP contribution >= 0.6 is 11.3 Å². The third-order valence-electron chi connectivity index (χ3n) is 3.11. The number of nitrogens with zero attached hydrogens (tertiary/aromatic N) is 1. The van der Waals surface area contributed by atoms with Crippen LogP contribution in [0.4, 0.5) is 5.69 Å². The molecule has 1 unspecified atom stereocenters. The average molecular weight is 223 g/mol. The first-order chi connectivity index (χ1) is 7.31. The lowest BCUT2D eigenvalue weighted by molar-refractivity contribution is 0.112. The Balaban J connectivity index is 2.16. The van der Waals surface area contributed by atoms with Crippen molar-refractivity contribution < 1.29 is 4.79 Å². The number of thiophene rings is 1. The first-order valence-electron chi connectivity index (χ1n) is 5.61. The van der Waals surface area contributed by atoms with E-state index in [4.69, 9.17) is 0 Å². The molecule has 15 heavy (non-hydrogen) atoms. The van der Waals surface area contributed by atoms with Crippen molar-refractivity contribution in [2.24, 2.45) is 0 Å². The summed E-state index contributed by atoms with van der Waals surface area (Å²) in [6, 6.07) is 2.63. The SMILES string of the molecule is CC1CCCCCN1c1csc(C=O)c1. The Labute approximate surface area is 94.9 Å². The van der Waals surface area contributed by atoms with Crippen molar-refractivity contribution in [3.8, 4) is 0 Å². The molecule has 1 aromatic heterocycles. The summed E-state index contributed by atoms with van der Waals surface area (Å²) in [6.07, 6.45) is 6.16. The molecule has 0 radical (unpaired) electrons. The van der Waals surface area contributed by atoms with Gasteiger partial charge in [0.1, 0.15) is 0 Å². The minimum absolute atomic E-state index is 0.613. The highest BCUT2D eigenvalue weighted by Gasteiger charge is 2.17. The summed E-state index contributed by atoms with van der Waals surface area (Å²) in [6.45, 7) is 3.42. The van der Waals surface area contributed by atoms with Gasteiger partial charge in [0, 0.05) is 23.7 Å². The van der Waals surface area contributed by atoms with Crippen LogP contribution in [0.2, 0.25) is 0 Å². The summed E-state index contributed by atoms with van der Waals surface area (Å²) >= 11 is 1.54. The van der Waals surface area contributed by atoms with Crippen LogP contribution in [-0.4, -0.2) is 18.9 Å². The Hall–Kier alpha value is -0.830. The average Bonchev–Trinajstić information content (AvgIpc) is 2.62. The van der Waals surface area contributed by atoms with Crippen LogP contribution in [0.5, 0.6) is 0 Å². The minimum atomic E-state index is 0.613. The summed E-state index contributed by atoms with van der Waals surface area (Å²) in [5.74, 6) is 0. The zero-order valence-electron chi connectivity index (χ0n) is 9.11. The third kappa shape index (κ3) is 2.40. The van der Waals surface area contributed by atoms with E-state index in [0.717, 1.165) is 17.7 Å². The quantitative estimate of drug-likeness (QED) is 0.717. The zero-order chi connectivity index (χ0) is 10.7. The summed E-state index contributed by atoms with van der Waals surface area (Å²) in [4.78, 5) is 13.9. The van der Waals surface area contributed by atoms with Gasteiger partial charge in [-0.1, -0.05) is 12.8 Å². The van der Waals surface area contributed by atoms with Crippen molar-refractivity contribution >= 4 is 23.3 Å². The number of hydrogen-bond acceptors (Lipinski definition) is 3. The molecular formula is C12H17NOS. The minimum Gasteiger partial charge on any atom is -0.368 e. The van der Waals surface area contributed by atoms with Crippen LogP contribution in [0.3, 0.4) is 0 Å². The number of anilines is 1. The van der Waals surface area contributed by atoms with Gasteiger partial charge in [0.05, 0.1) is 4.88 Å². The highest BCUT2D eigenvalue weighted by Crippen LogP contribution is 2.27. The molecule has 3 heteroatoms. The van der Waals surface area contributed by atoms with E-state index in [1.807, 2.05) is 6.07 Å². The number of rotatable bonds is 2. The zero-order valence-corrected chi connectivity index (χ0v) is 9.93. The van der Waals surface area contributed by atoms with Crippen LogP contribution in [0, 0.1) is 0 Å². The summed E-state index contributed by atoms with van der Waals surface area (Å²) in [5, 5.41) is 2.10. The maximum Gasteiger partial charge on any atom is 0.160 e. The molecule has 82 valence electrons. The molecule has 2 heterocycles. The van der Waals surface area contributed by atoms with Gasteiger partial charge in [0.2, 0.25) is 0 Å². The predicted molar refractivity (Wildman–Crippen MR) is 65.0 cm³/mol. The van der Waals surface area contributed by atoms with Crippen molar-refractivity contribution in [3.63, 3.8) is 0 Å². The van der Waals surface area contributed by atoms with E-state index in [1.54, 1.807) is 11.3 Å². The Kier molecular flexibility index (Phi) is 3.41. The van der Waals surface area contributed by atoms with Crippen molar-refractivity contribution in [2.75, 3.05) is 11.4 Å². The van der Waals surface area contributed by atoms with E-state index in [0.29, 0.717) is 6.04 Å². The van der Waals surface area contributed by atoms with Crippen molar-refractivity contribution in [1.29, 1.82) is 0 Å². The lowest BCUT2D eigenvalue weighted by Gasteiger charge is -2.28. The number of carbonyl (C=O) groups is 1. The smallest absolute Gasteiger partial charge is 0.160 e. The lowest BCUT2D eigenvalue weighted by Crippen LogP contribution is -2.31. The highest BCUT2D eigenvalue weighted by atomic mass is 32.1. The van der Waals surface area contributed by atoms with E-state index in [1.165, 1.54) is 31.4 Å². The second kappa shape index (κ2) is 4.79. The first-order valence-corrected chi connectivity index (χ1v) is 6.49. The molecule has 0 aliphatic carbocycles. The molecule has 1 aliphatic rings. The fourth-order valence-electron chi connectivity index (χ4n) is 2.21. The van der Waals surface area contributed by atoms with Crippen LogP contribution in [0.1, 0.15) is 42.3 Å². The molecule has 1 fully saturated rings. The van der Waals surface area contributed by atoms with Gasteiger partial charge in [-0.15, -0.1) is 11.3 Å². The number of carbonyl (C=O) groups excluding carboxylic acids is 1. The van der Waals surface area contributed by atoms with Gasteiger partial charge in [0.15, 0.2) is 6.29 Å². The Morgan fingerprint density at radius 2 is 2.33 bits per heavy atom. The number of aldehydes is 1. The van der Waals surface area contributed by atoms with Gasteiger partial charge in [0.25, 0.3) is 0 Å². The van der Waals surface area contributed by atoms with Gasteiger partial charge in [-0.05, 0) is 25.8 Å². The maximum atomic E-state index is 10.6. The third-order valence-corrected chi connectivity index (χ3v) is 3.95. The van der Waals surface area contributed by atoms with E-state index >= 15 is 0 Å².